The fourth-order valence-electron chi connectivity index (χ4n) is 2.90. The minimum absolute atomic E-state index is 0.0145. The first-order valence-electron chi connectivity index (χ1n) is 7.04. The van der Waals surface area contributed by atoms with Gasteiger partial charge < -0.3 is 14.8 Å². The molecule has 4 nitrogen and oxygen atoms in total. The molecule has 1 fully saturated rings. The smallest absolute Gasteiger partial charge is 0.230 e. The molecule has 20 heavy (non-hydrogen) atoms. The minimum atomic E-state index is -0.227. The van der Waals surface area contributed by atoms with Gasteiger partial charge >= 0.3 is 0 Å². The van der Waals surface area contributed by atoms with Crippen LogP contribution in [0, 0.1) is 17.8 Å². The van der Waals surface area contributed by atoms with Crippen LogP contribution in [0.25, 0.3) is 0 Å². The maximum Gasteiger partial charge on any atom is 0.230 e. The van der Waals surface area contributed by atoms with Crippen molar-refractivity contribution in [2.24, 2.45) is 17.8 Å². The van der Waals surface area contributed by atoms with E-state index in [1.54, 1.807) is 36.2 Å². The lowest BCUT2D eigenvalue weighted by Crippen LogP contribution is -2.40. The number of hydrogen-bond donors (Lipinski definition) is 1. The van der Waals surface area contributed by atoms with Crippen LogP contribution in [0.2, 0.25) is 0 Å². The number of carbonyl (C=O) groups is 2. The molecule has 1 saturated carbocycles. The van der Waals surface area contributed by atoms with Gasteiger partial charge in [0.05, 0.1) is 0 Å². The standard InChI is InChI=1S/C16H21NO3/c1-11-3-4-12(10-18)15(9-11)16(20)17(2)13-5-7-14(19)8-6-13/h5-8,10-12,15,19H,3-4,9H2,1-2H3. The second-order valence-corrected chi connectivity index (χ2v) is 5.74. The molecule has 1 N–H and O–H groups in total. The number of rotatable bonds is 3. The molecule has 1 aromatic rings. The van der Waals surface area contributed by atoms with Gasteiger partial charge in [-0.2, -0.15) is 0 Å². The van der Waals surface area contributed by atoms with Gasteiger partial charge in [-0.25, -0.2) is 0 Å². The Bertz CT molecular complexity index is 483. The van der Waals surface area contributed by atoms with E-state index in [2.05, 4.69) is 6.92 Å². The van der Waals surface area contributed by atoms with Crippen molar-refractivity contribution in [1.29, 1.82) is 0 Å². The van der Waals surface area contributed by atoms with E-state index in [-0.39, 0.29) is 23.5 Å². The number of phenols is 1. The number of nitrogens with zero attached hydrogens (tertiary/aromatic N) is 1. The number of hydrogen-bond acceptors (Lipinski definition) is 3. The van der Waals surface area contributed by atoms with E-state index < -0.39 is 0 Å². The molecule has 1 aromatic carbocycles. The van der Waals surface area contributed by atoms with Gasteiger partial charge in [0.15, 0.2) is 0 Å². The third-order valence-corrected chi connectivity index (χ3v) is 4.23. The highest BCUT2D eigenvalue weighted by Crippen LogP contribution is 2.34. The van der Waals surface area contributed by atoms with Crippen LogP contribution in [0.1, 0.15) is 26.2 Å². The summed E-state index contributed by atoms with van der Waals surface area (Å²) in [5.41, 5.74) is 0.732. The zero-order valence-electron chi connectivity index (χ0n) is 12.0. The number of aldehydes is 1. The van der Waals surface area contributed by atoms with Gasteiger partial charge in [0.25, 0.3) is 0 Å². The molecule has 0 aliphatic heterocycles. The van der Waals surface area contributed by atoms with E-state index in [9.17, 15) is 14.7 Å². The predicted molar refractivity (Wildman–Crippen MR) is 77.6 cm³/mol. The highest BCUT2D eigenvalue weighted by Gasteiger charge is 2.35. The van der Waals surface area contributed by atoms with E-state index in [0.29, 0.717) is 5.92 Å². The fourth-order valence-corrected chi connectivity index (χ4v) is 2.90. The van der Waals surface area contributed by atoms with Crippen LogP contribution in [0.3, 0.4) is 0 Å². The van der Waals surface area contributed by atoms with Gasteiger partial charge in [0, 0.05) is 24.6 Å². The van der Waals surface area contributed by atoms with Crippen LogP contribution in [-0.4, -0.2) is 24.3 Å². The van der Waals surface area contributed by atoms with Gasteiger partial charge in [0.2, 0.25) is 5.91 Å². The Morgan fingerprint density at radius 2 is 1.95 bits per heavy atom. The van der Waals surface area contributed by atoms with E-state index in [0.717, 1.165) is 31.2 Å². The van der Waals surface area contributed by atoms with Crippen LogP contribution in [-0.2, 0) is 9.59 Å². The Morgan fingerprint density at radius 3 is 2.55 bits per heavy atom. The van der Waals surface area contributed by atoms with Crippen molar-refractivity contribution >= 4 is 17.9 Å². The molecule has 1 aliphatic carbocycles. The Hall–Kier alpha value is -1.84. The Morgan fingerprint density at radius 1 is 1.30 bits per heavy atom. The summed E-state index contributed by atoms with van der Waals surface area (Å²) < 4.78 is 0. The summed E-state index contributed by atoms with van der Waals surface area (Å²) in [7, 11) is 1.72. The lowest BCUT2D eigenvalue weighted by Gasteiger charge is -2.33. The van der Waals surface area contributed by atoms with Crippen LogP contribution in [0.15, 0.2) is 24.3 Å². The maximum absolute atomic E-state index is 12.6. The molecule has 4 heteroatoms. The summed E-state index contributed by atoms with van der Waals surface area (Å²) in [5.74, 6) is 0.243. The summed E-state index contributed by atoms with van der Waals surface area (Å²) in [6.07, 6.45) is 3.50. The molecule has 0 spiro atoms. The molecule has 108 valence electrons. The molecule has 1 aliphatic rings. The minimum Gasteiger partial charge on any atom is -0.508 e. The first-order chi connectivity index (χ1) is 9.52. The molecule has 1 amide bonds. The monoisotopic (exact) mass is 275 g/mol. The third-order valence-electron chi connectivity index (χ3n) is 4.23. The second kappa shape index (κ2) is 6.07. The van der Waals surface area contributed by atoms with E-state index in [1.165, 1.54) is 0 Å². The number of anilines is 1. The van der Waals surface area contributed by atoms with Crippen LogP contribution in [0.4, 0.5) is 5.69 Å². The molecule has 0 aromatic heterocycles. The summed E-state index contributed by atoms with van der Waals surface area (Å²) >= 11 is 0. The van der Waals surface area contributed by atoms with Crippen molar-refractivity contribution in [1.82, 2.24) is 0 Å². The Kier molecular flexibility index (Phi) is 4.42. The molecule has 0 saturated heterocycles. The van der Waals surface area contributed by atoms with Crippen molar-refractivity contribution in [3.05, 3.63) is 24.3 Å². The number of carbonyl (C=O) groups excluding carboxylic acids is 2. The number of amides is 1. The summed E-state index contributed by atoms with van der Waals surface area (Å²) in [6, 6.07) is 6.52. The maximum atomic E-state index is 12.6. The van der Waals surface area contributed by atoms with Crippen molar-refractivity contribution < 1.29 is 14.7 Å². The van der Waals surface area contributed by atoms with Gasteiger partial charge in [-0.15, -0.1) is 0 Å². The molecule has 3 atom stereocenters. The second-order valence-electron chi connectivity index (χ2n) is 5.74. The van der Waals surface area contributed by atoms with Crippen LogP contribution in [0.5, 0.6) is 5.75 Å². The SMILES string of the molecule is CC1CCC(C=O)C(C(=O)N(C)c2ccc(O)cc2)C1. The number of phenolic OH excluding ortho intramolecular Hbond substituents is 1. The molecule has 0 heterocycles. The highest BCUT2D eigenvalue weighted by molar-refractivity contribution is 5.96. The normalized spacial score (nSPS) is 26.0. The lowest BCUT2D eigenvalue weighted by atomic mass is 9.74. The van der Waals surface area contributed by atoms with Gasteiger partial charge in [0.1, 0.15) is 12.0 Å². The Balaban J connectivity index is 2.15. The average Bonchev–Trinajstić information content (AvgIpc) is 2.46. The van der Waals surface area contributed by atoms with Crippen LogP contribution < -0.4 is 4.90 Å². The fraction of sp³-hybridized carbons (Fsp3) is 0.500. The van der Waals surface area contributed by atoms with E-state index >= 15 is 0 Å². The average molecular weight is 275 g/mol. The van der Waals surface area contributed by atoms with Gasteiger partial charge in [-0.05, 0) is 49.4 Å². The molecule has 2 rings (SSSR count). The van der Waals surface area contributed by atoms with Crippen molar-refractivity contribution in [2.75, 3.05) is 11.9 Å². The summed E-state index contributed by atoms with van der Waals surface area (Å²) in [6.45, 7) is 2.13. The molecule has 3 unspecified atom stereocenters. The summed E-state index contributed by atoms with van der Waals surface area (Å²) in [5, 5.41) is 9.29. The first-order valence-corrected chi connectivity index (χ1v) is 7.04. The molecular weight excluding hydrogens is 254 g/mol. The predicted octanol–water partition coefficient (Wildman–Crippen LogP) is 2.61. The van der Waals surface area contributed by atoms with E-state index in [4.69, 9.17) is 0 Å². The zero-order valence-corrected chi connectivity index (χ0v) is 12.0. The van der Waals surface area contributed by atoms with E-state index in [1.807, 2.05) is 0 Å². The van der Waals surface area contributed by atoms with Gasteiger partial charge in [-0.1, -0.05) is 6.92 Å². The first kappa shape index (κ1) is 14.6. The molecule has 0 radical (unpaired) electrons. The topological polar surface area (TPSA) is 57.6 Å². The zero-order chi connectivity index (χ0) is 14.7. The number of aromatic hydroxyl groups is 1. The van der Waals surface area contributed by atoms with Crippen molar-refractivity contribution in [2.45, 2.75) is 26.2 Å². The summed E-state index contributed by atoms with van der Waals surface area (Å²) in [4.78, 5) is 25.4. The van der Waals surface area contributed by atoms with Crippen molar-refractivity contribution in [3.8, 4) is 5.75 Å². The molecule has 0 bridgehead atoms. The van der Waals surface area contributed by atoms with Gasteiger partial charge in [-0.3, -0.25) is 4.79 Å². The lowest BCUT2D eigenvalue weighted by molar-refractivity contribution is -0.129. The highest BCUT2D eigenvalue weighted by atomic mass is 16.3. The van der Waals surface area contributed by atoms with Crippen LogP contribution >= 0.6 is 0 Å². The quantitative estimate of drug-likeness (QED) is 0.863. The largest absolute Gasteiger partial charge is 0.508 e. The van der Waals surface area contributed by atoms with Crippen molar-refractivity contribution in [3.63, 3.8) is 0 Å². The molecular formula is C16H21NO3. The Labute approximate surface area is 119 Å². The number of benzene rings is 1. The third kappa shape index (κ3) is 3.00.